The van der Waals surface area contributed by atoms with E-state index in [1.165, 1.54) is 0 Å². The molecular formula is C29H49N3O4S. The Bertz CT molecular complexity index is 911. The maximum atomic E-state index is 14.3. The molecular weight excluding hydrogens is 486 g/mol. The molecule has 0 aliphatic carbocycles. The number of benzene rings is 1. The Hall–Kier alpha value is -2.22. The lowest BCUT2D eigenvalue weighted by Gasteiger charge is -2.44. The van der Waals surface area contributed by atoms with Gasteiger partial charge in [-0.1, -0.05) is 38.5 Å². The Morgan fingerprint density at radius 1 is 1.05 bits per heavy atom. The first-order valence-electron chi connectivity index (χ1n) is 13.3. The van der Waals surface area contributed by atoms with E-state index in [2.05, 4.69) is 17.6 Å². The minimum Gasteiger partial charge on any atom is -0.444 e. The van der Waals surface area contributed by atoms with E-state index in [-0.39, 0.29) is 11.8 Å². The van der Waals surface area contributed by atoms with Gasteiger partial charge in [-0.05, 0) is 96.4 Å². The van der Waals surface area contributed by atoms with Crippen LogP contribution in [-0.4, -0.2) is 58.5 Å². The average Bonchev–Trinajstić information content (AvgIpc) is 2.80. The van der Waals surface area contributed by atoms with Crippen molar-refractivity contribution >= 4 is 29.7 Å². The van der Waals surface area contributed by atoms with Crippen molar-refractivity contribution in [3.8, 4) is 0 Å². The SMILES string of the molecule is CCCCNC(=O)C(c1ccc(C)c(C)c1)N(C(=O)C(CCSC)NC(=O)OC(C)(C)C)C(C)(C)CC. The summed E-state index contributed by atoms with van der Waals surface area (Å²) in [6.45, 7) is 17.9. The molecule has 37 heavy (non-hydrogen) atoms. The van der Waals surface area contributed by atoms with Crippen molar-refractivity contribution in [1.29, 1.82) is 0 Å². The number of ether oxygens (including phenoxy) is 1. The molecule has 1 aromatic carbocycles. The smallest absolute Gasteiger partial charge is 0.408 e. The molecule has 8 heteroatoms. The van der Waals surface area contributed by atoms with Crippen LogP contribution in [0, 0.1) is 13.8 Å². The van der Waals surface area contributed by atoms with Crippen LogP contribution in [0.3, 0.4) is 0 Å². The lowest BCUT2D eigenvalue weighted by atomic mass is 9.90. The summed E-state index contributed by atoms with van der Waals surface area (Å²) in [5.41, 5.74) is 1.58. The number of rotatable bonds is 13. The van der Waals surface area contributed by atoms with Gasteiger partial charge in [0.15, 0.2) is 0 Å². The van der Waals surface area contributed by atoms with E-state index in [1.807, 2.05) is 59.1 Å². The van der Waals surface area contributed by atoms with Crippen LogP contribution in [0.1, 0.15) is 96.9 Å². The quantitative estimate of drug-likeness (QED) is 0.306. The van der Waals surface area contributed by atoms with Gasteiger partial charge < -0.3 is 20.3 Å². The van der Waals surface area contributed by atoms with Crippen molar-refractivity contribution < 1.29 is 19.1 Å². The third-order valence-electron chi connectivity index (χ3n) is 6.54. The minimum absolute atomic E-state index is 0.215. The van der Waals surface area contributed by atoms with Crippen molar-refractivity contribution in [3.05, 3.63) is 34.9 Å². The molecule has 0 aliphatic rings. The highest BCUT2D eigenvalue weighted by molar-refractivity contribution is 7.98. The van der Waals surface area contributed by atoms with E-state index in [4.69, 9.17) is 4.74 Å². The summed E-state index contributed by atoms with van der Waals surface area (Å²) in [6, 6.07) is 4.24. The van der Waals surface area contributed by atoms with E-state index in [9.17, 15) is 14.4 Å². The number of unbranched alkanes of at least 4 members (excludes halogenated alkanes) is 1. The standard InChI is InChI=1S/C29H49N3O4S/c1-11-13-17-30-25(33)24(22-15-14-20(3)21(4)19-22)32(29(8,9)12-2)26(34)23(16-18-37-10)31-27(35)36-28(5,6)7/h14-15,19,23-24H,11-13,16-18H2,1-10H3,(H,30,33)(H,31,35). The molecule has 2 atom stereocenters. The largest absolute Gasteiger partial charge is 0.444 e. The number of alkyl carbamates (subject to hydrolysis) is 1. The Balaban J connectivity index is 3.61. The summed E-state index contributed by atoms with van der Waals surface area (Å²) >= 11 is 1.60. The summed E-state index contributed by atoms with van der Waals surface area (Å²) in [5.74, 6) is 0.164. The monoisotopic (exact) mass is 535 g/mol. The van der Waals surface area contributed by atoms with Crippen LogP contribution in [-0.2, 0) is 14.3 Å². The Morgan fingerprint density at radius 3 is 2.22 bits per heavy atom. The molecule has 0 bridgehead atoms. The number of hydrogen-bond donors (Lipinski definition) is 2. The molecule has 1 aromatic rings. The lowest BCUT2D eigenvalue weighted by Crippen LogP contribution is -2.59. The van der Waals surface area contributed by atoms with Crippen LogP contribution >= 0.6 is 11.8 Å². The summed E-state index contributed by atoms with van der Waals surface area (Å²) in [6.07, 6.45) is 4.18. The summed E-state index contributed by atoms with van der Waals surface area (Å²) in [7, 11) is 0. The molecule has 0 aliphatic heterocycles. The number of aryl methyl sites for hydroxylation is 2. The number of nitrogens with one attached hydrogen (secondary N) is 2. The molecule has 0 aromatic heterocycles. The maximum Gasteiger partial charge on any atom is 0.408 e. The summed E-state index contributed by atoms with van der Waals surface area (Å²) < 4.78 is 5.47. The highest BCUT2D eigenvalue weighted by atomic mass is 32.2. The molecule has 0 saturated heterocycles. The van der Waals surface area contributed by atoms with Crippen LogP contribution in [0.5, 0.6) is 0 Å². The van der Waals surface area contributed by atoms with Crippen LogP contribution in [0.15, 0.2) is 18.2 Å². The fourth-order valence-corrected chi connectivity index (χ4v) is 4.37. The van der Waals surface area contributed by atoms with Gasteiger partial charge in [0.05, 0.1) is 0 Å². The molecule has 3 amide bonds. The zero-order valence-corrected chi connectivity index (χ0v) is 25.4. The van der Waals surface area contributed by atoms with Gasteiger partial charge in [0, 0.05) is 12.1 Å². The molecule has 0 saturated carbocycles. The molecule has 0 fully saturated rings. The van der Waals surface area contributed by atoms with E-state index < -0.39 is 29.3 Å². The second-order valence-electron chi connectivity index (χ2n) is 11.2. The predicted octanol–water partition coefficient (Wildman–Crippen LogP) is 5.92. The van der Waals surface area contributed by atoms with E-state index in [1.54, 1.807) is 37.4 Å². The van der Waals surface area contributed by atoms with Crippen LogP contribution in [0.25, 0.3) is 0 Å². The first-order valence-corrected chi connectivity index (χ1v) is 14.7. The number of nitrogens with zero attached hydrogens (tertiary/aromatic N) is 1. The Labute approximate surface area is 228 Å². The van der Waals surface area contributed by atoms with Crippen LogP contribution < -0.4 is 10.6 Å². The average molecular weight is 536 g/mol. The first kappa shape index (κ1) is 32.8. The molecule has 210 valence electrons. The van der Waals surface area contributed by atoms with Gasteiger partial charge in [-0.3, -0.25) is 9.59 Å². The second kappa shape index (κ2) is 14.6. The van der Waals surface area contributed by atoms with Crippen LogP contribution in [0.2, 0.25) is 0 Å². The number of carbonyl (C=O) groups excluding carboxylic acids is 3. The second-order valence-corrected chi connectivity index (χ2v) is 12.2. The number of carbonyl (C=O) groups is 3. The van der Waals surface area contributed by atoms with E-state index in [0.717, 1.165) is 29.5 Å². The highest BCUT2D eigenvalue weighted by Gasteiger charge is 2.43. The van der Waals surface area contributed by atoms with Gasteiger partial charge in [-0.25, -0.2) is 4.79 Å². The van der Waals surface area contributed by atoms with Gasteiger partial charge in [0.2, 0.25) is 11.8 Å². The maximum absolute atomic E-state index is 14.3. The number of hydrogen-bond acceptors (Lipinski definition) is 5. The minimum atomic E-state index is -0.837. The molecule has 0 radical (unpaired) electrons. The normalized spacial score (nSPS) is 13.5. The zero-order chi connectivity index (χ0) is 28.4. The van der Waals surface area contributed by atoms with Gasteiger partial charge >= 0.3 is 6.09 Å². The van der Waals surface area contributed by atoms with Crippen molar-refractivity contribution in [2.24, 2.45) is 0 Å². The molecule has 2 unspecified atom stereocenters. The van der Waals surface area contributed by atoms with Gasteiger partial charge in [-0.15, -0.1) is 0 Å². The topological polar surface area (TPSA) is 87.7 Å². The summed E-state index contributed by atoms with van der Waals surface area (Å²) in [5, 5.41) is 5.86. The van der Waals surface area contributed by atoms with Crippen LogP contribution in [0.4, 0.5) is 4.79 Å². The van der Waals surface area contributed by atoms with Gasteiger partial charge in [0.25, 0.3) is 0 Å². The Morgan fingerprint density at radius 2 is 1.70 bits per heavy atom. The number of amides is 3. The predicted molar refractivity (Wildman–Crippen MR) is 154 cm³/mol. The highest BCUT2D eigenvalue weighted by Crippen LogP contribution is 2.33. The van der Waals surface area contributed by atoms with Gasteiger partial charge in [0.1, 0.15) is 17.7 Å². The fourth-order valence-electron chi connectivity index (χ4n) is 3.89. The Kier molecular flexibility index (Phi) is 13.0. The summed E-state index contributed by atoms with van der Waals surface area (Å²) in [4.78, 5) is 42.5. The van der Waals surface area contributed by atoms with Crippen molar-refractivity contribution in [2.75, 3.05) is 18.6 Å². The lowest BCUT2D eigenvalue weighted by molar-refractivity contribution is -0.149. The third-order valence-corrected chi connectivity index (χ3v) is 7.18. The fraction of sp³-hybridized carbons (Fsp3) is 0.690. The van der Waals surface area contributed by atoms with Gasteiger partial charge in [-0.2, -0.15) is 11.8 Å². The van der Waals surface area contributed by atoms with E-state index in [0.29, 0.717) is 25.1 Å². The molecule has 7 nitrogen and oxygen atoms in total. The number of thioether (sulfide) groups is 1. The molecule has 1 rings (SSSR count). The molecule has 2 N–H and O–H groups in total. The zero-order valence-electron chi connectivity index (χ0n) is 24.6. The third kappa shape index (κ3) is 10.2. The van der Waals surface area contributed by atoms with Crippen molar-refractivity contribution in [3.63, 3.8) is 0 Å². The van der Waals surface area contributed by atoms with E-state index >= 15 is 0 Å². The van der Waals surface area contributed by atoms with Crippen molar-refractivity contribution in [2.45, 2.75) is 111 Å². The molecule has 0 spiro atoms. The van der Waals surface area contributed by atoms with Crippen molar-refractivity contribution in [1.82, 2.24) is 15.5 Å². The first-order chi connectivity index (χ1) is 17.2. The molecule has 0 heterocycles.